The van der Waals surface area contributed by atoms with Crippen LogP contribution in [0.2, 0.25) is 0 Å². The van der Waals surface area contributed by atoms with E-state index in [1.807, 2.05) is 55.7 Å². The van der Waals surface area contributed by atoms with Crippen molar-refractivity contribution in [1.29, 1.82) is 0 Å². The zero-order valence-corrected chi connectivity index (χ0v) is 14.8. The van der Waals surface area contributed by atoms with Gasteiger partial charge in [-0.1, -0.05) is 50.6 Å². The number of aryl methyl sites for hydroxylation is 1. The molecule has 1 aromatic rings. The fourth-order valence-electron chi connectivity index (χ4n) is 2.95. The molecule has 4 nitrogen and oxygen atoms in total. The van der Waals surface area contributed by atoms with Crippen molar-refractivity contribution >= 4 is 11.8 Å². The molecule has 2 rings (SSSR count). The third-order valence-electron chi connectivity index (χ3n) is 4.22. The molecule has 1 aliphatic rings. The highest BCUT2D eigenvalue weighted by Crippen LogP contribution is 2.19. The molecule has 2 amide bonds. The van der Waals surface area contributed by atoms with Crippen LogP contribution in [0.1, 0.15) is 38.3 Å². The van der Waals surface area contributed by atoms with Gasteiger partial charge in [-0.25, -0.2) is 0 Å². The van der Waals surface area contributed by atoms with Gasteiger partial charge in [0.1, 0.15) is 0 Å². The van der Waals surface area contributed by atoms with E-state index in [0.29, 0.717) is 19.5 Å². The fraction of sp³-hybridized carbons (Fsp3) is 0.579. The summed E-state index contributed by atoms with van der Waals surface area (Å²) < 4.78 is 0. The minimum Gasteiger partial charge on any atom is -0.341 e. The van der Waals surface area contributed by atoms with Gasteiger partial charge in [0.25, 0.3) is 0 Å². The Balaban J connectivity index is 1.95. The first kappa shape index (κ1) is 17.5. The molecular weight excluding hydrogens is 288 g/mol. The predicted octanol–water partition coefficient (Wildman–Crippen LogP) is 2.64. The van der Waals surface area contributed by atoms with E-state index in [0.717, 1.165) is 25.1 Å². The molecule has 1 heterocycles. The third-order valence-corrected chi connectivity index (χ3v) is 4.22. The van der Waals surface area contributed by atoms with E-state index in [-0.39, 0.29) is 17.2 Å². The highest BCUT2D eigenvalue weighted by atomic mass is 16.2. The van der Waals surface area contributed by atoms with Crippen LogP contribution in [-0.2, 0) is 16.0 Å². The van der Waals surface area contributed by atoms with Gasteiger partial charge in [-0.05, 0) is 18.9 Å². The van der Waals surface area contributed by atoms with Gasteiger partial charge in [-0.3, -0.25) is 9.59 Å². The molecule has 126 valence electrons. The van der Waals surface area contributed by atoms with Crippen LogP contribution in [0.25, 0.3) is 0 Å². The van der Waals surface area contributed by atoms with Crippen LogP contribution < -0.4 is 0 Å². The quantitative estimate of drug-likeness (QED) is 0.841. The summed E-state index contributed by atoms with van der Waals surface area (Å²) in [5.41, 5.74) is 1.87. The summed E-state index contributed by atoms with van der Waals surface area (Å²) in [7, 11) is 0. The molecule has 23 heavy (non-hydrogen) atoms. The zero-order chi connectivity index (χ0) is 17.0. The summed E-state index contributed by atoms with van der Waals surface area (Å²) in [5.74, 6) is 0.325. The first-order valence-electron chi connectivity index (χ1n) is 8.40. The van der Waals surface area contributed by atoms with Gasteiger partial charge < -0.3 is 9.80 Å². The maximum atomic E-state index is 12.5. The third kappa shape index (κ3) is 4.81. The van der Waals surface area contributed by atoms with Gasteiger partial charge in [0.15, 0.2) is 0 Å². The number of carbonyl (C=O) groups is 2. The smallest absolute Gasteiger partial charge is 0.228 e. The molecule has 1 fully saturated rings. The van der Waals surface area contributed by atoms with E-state index in [1.54, 1.807) is 0 Å². The number of benzene rings is 1. The highest BCUT2D eigenvalue weighted by Gasteiger charge is 2.29. The minimum atomic E-state index is -0.360. The summed E-state index contributed by atoms with van der Waals surface area (Å²) in [6.07, 6.45) is 1.29. The Bertz CT molecular complexity index is 575. The van der Waals surface area contributed by atoms with E-state index in [4.69, 9.17) is 0 Å². The SMILES string of the molecule is Cc1cccc(CC(=O)N2CCCN(C(=O)C(C)(C)C)CC2)c1. The van der Waals surface area contributed by atoms with Crippen molar-refractivity contribution in [2.45, 2.75) is 40.5 Å². The molecule has 0 unspecified atom stereocenters. The molecule has 0 N–H and O–H groups in total. The maximum absolute atomic E-state index is 12.5. The van der Waals surface area contributed by atoms with Gasteiger partial charge in [0.05, 0.1) is 6.42 Å². The molecule has 0 aromatic heterocycles. The topological polar surface area (TPSA) is 40.6 Å². The Morgan fingerprint density at radius 3 is 2.35 bits per heavy atom. The van der Waals surface area contributed by atoms with E-state index >= 15 is 0 Å². The summed E-state index contributed by atoms with van der Waals surface area (Å²) >= 11 is 0. The van der Waals surface area contributed by atoms with E-state index in [1.165, 1.54) is 5.56 Å². The summed E-state index contributed by atoms with van der Waals surface area (Å²) in [6, 6.07) is 8.09. The first-order valence-corrected chi connectivity index (χ1v) is 8.40. The summed E-state index contributed by atoms with van der Waals surface area (Å²) in [6.45, 7) is 10.6. The Hall–Kier alpha value is -1.84. The van der Waals surface area contributed by atoms with Crippen molar-refractivity contribution in [3.63, 3.8) is 0 Å². The average Bonchev–Trinajstić information content (AvgIpc) is 2.71. The minimum absolute atomic E-state index is 0.153. The monoisotopic (exact) mass is 316 g/mol. The number of nitrogens with zero attached hydrogens (tertiary/aromatic N) is 2. The molecule has 4 heteroatoms. The molecule has 0 aliphatic carbocycles. The molecule has 0 radical (unpaired) electrons. The van der Waals surface area contributed by atoms with Crippen LogP contribution in [0, 0.1) is 12.3 Å². The maximum Gasteiger partial charge on any atom is 0.228 e. The molecular formula is C19H28N2O2. The standard InChI is InChI=1S/C19H28N2O2/c1-15-7-5-8-16(13-15)14-17(22)20-9-6-10-21(12-11-20)18(23)19(2,3)4/h5,7-8,13H,6,9-12,14H2,1-4H3. The second-order valence-corrected chi connectivity index (χ2v) is 7.44. The lowest BCUT2D eigenvalue weighted by molar-refractivity contribution is -0.139. The largest absolute Gasteiger partial charge is 0.341 e. The normalized spacial score (nSPS) is 16.2. The van der Waals surface area contributed by atoms with E-state index < -0.39 is 0 Å². The van der Waals surface area contributed by atoms with Crippen molar-refractivity contribution < 1.29 is 9.59 Å². The molecule has 1 saturated heterocycles. The number of hydrogen-bond donors (Lipinski definition) is 0. The van der Waals surface area contributed by atoms with Crippen molar-refractivity contribution in [2.24, 2.45) is 5.41 Å². The predicted molar refractivity (Wildman–Crippen MR) is 92.1 cm³/mol. The molecule has 0 atom stereocenters. The number of amides is 2. The second-order valence-electron chi connectivity index (χ2n) is 7.44. The van der Waals surface area contributed by atoms with Crippen molar-refractivity contribution in [3.8, 4) is 0 Å². The van der Waals surface area contributed by atoms with Crippen LogP contribution in [0.5, 0.6) is 0 Å². The Morgan fingerprint density at radius 1 is 1.04 bits per heavy atom. The number of hydrogen-bond acceptors (Lipinski definition) is 2. The van der Waals surface area contributed by atoms with Crippen molar-refractivity contribution in [2.75, 3.05) is 26.2 Å². The van der Waals surface area contributed by atoms with Gasteiger partial charge in [-0.15, -0.1) is 0 Å². The molecule has 1 aromatic carbocycles. The second kappa shape index (κ2) is 7.16. The number of carbonyl (C=O) groups excluding carboxylic acids is 2. The summed E-state index contributed by atoms with van der Waals surface area (Å²) in [5, 5.41) is 0. The lowest BCUT2D eigenvalue weighted by atomic mass is 9.94. The first-order chi connectivity index (χ1) is 10.8. The molecule has 0 bridgehead atoms. The van der Waals surface area contributed by atoms with E-state index in [9.17, 15) is 9.59 Å². The number of rotatable bonds is 2. The Kier molecular flexibility index (Phi) is 5.45. The van der Waals surface area contributed by atoms with Crippen LogP contribution in [0.3, 0.4) is 0 Å². The van der Waals surface area contributed by atoms with Crippen LogP contribution in [0.15, 0.2) is 24.3 Å². The van der Waals surface area contributed by atoms with Crippen molar-refractivity contribution in [1.82, 2.24) is 9.80 Å². The van der Waals surface area contributed by atoms with Gasteiger partial charge >= 0.3 is 0 Å². The van der Waals surface area contributed by atoms with Gasteiger partial charge in [0.2, 0.25) is 11.8 Å². The molecule has 0 saturated carbocycles. The molecule has 1 aliphatic heterocycles. The highest BCUT2D eigenvalue weighted by molar-refractivity contribution is 5.82. The summed E-state index contributed by atoms with van der Waals surface area (Å²) in [4.78, 5) is 28.7. The van der Waals surface area contributed by atoms with Crippen LogP contribution in [-0.4, -0.2) is 47.8 Å². The fourth-order valence-corrected chi connectivity index (χ4v) is 2.95. The lowest BCUT2D eigenvalue weighted by Crippen LogP contribution is -2.42. The van der Waals surface area contributed by atoms with Crippen molar-refractivity contribution in [3.05, 3.63) is 35.4 Å². The van der Waals surface area contributed by atoms with Gasteiger partial charge in [-0.2, -0.15) is 0 Å². The Labute approximate surface area is 139 Å². The average molecular weight is 316 g/mol. The van der Waals surface area contributed by atoms with E-state index in [2.05, 4.69) is 6.07 Å². The zero-order valence-electron chi connectivity index (χ0n) is 14.8. The lowest BCUT2D eigenvalue weighted by Gasteiger charge is -2.28. The Morgan fingerprint density at radius 2 is 1.70 bits per heavy atom. The van der Waals surface area contributed by atoms with Gasteiger partial charge in [0, 0.05) is 31.6 Å². The van der Waals surface area contributed by atoms with Crippen LogP contribution >= 0.6 is 0 Å². The molecule has 0 spiro atoms. The van der Waals surface area contributed by atoms with Crippen LogP contribution in [0.4, 0.5) is 0 Å².